The lowest BCUT2D eigenvalue weighted by Gasteiger charge is -2.14. The number of hydrogen-bond donors (Lipinski definition) is 0. The third kappa shape index (κ3) is 4.28. The topological polar surface area (TPSA) is 61.8 Å². The van der Waals surface area contributed by atoms with Gasteiger partial charge in [0.05, 0.1) is 18.6 Å². The van der Waals surface area contributed by atoms with Gasteiger partial charge in [-0.1, -0.05) is 74.0 Å². The molecule has 0 radical (unpaired) electrons. The predicted octanol–water partition coefficient (Wildman–Crippen LogP) is 5.02. The van der Waals surface area contributed by atoms with Crippen LogP contribution in [0.25, 0.3) is 16.9 Å². The minimum absolute atomic E-state index is 0.181. The first-order valence-electron chi connectivity index (χ1n) is 11.9. The summed E-state index contributed by atoms with van der Waals surface area (Å²) in [5, 5.41) is 0. The second-order valence-corrected chi connectivity index (χ2v) is 9.38. The van der Waals surface area contributed by atoms with Crippen LogP contribution in [0.4, 0.5) is 4.39 Å². The van der Waals surface area contributed by atoms with Gasteiger partial charge in [-0.05, 0) is 42.2 Å². The molecule has 2 heterocycles. The average Bonchev–Trinajstić information content (AvgIpc) is 3.26. The SMILES string of the molecule is Cc1cccc(Cn2cnc3c2c(=O)n(Cc2ccccc2F)c(=O)n3-c2ccc(C(C)C)cc2)c1. The van der Waals surface area contributed by atoms with Gasteiger partial charge in [0.1, 0.15) is 5.82 Å². The minimum Gasteiger partial charge on any atom is -0.320 e. The number of fused-ring (bicyclic) bond motifs is 1. The quantitative estimate of drug-likeness (QED) is 0.342. The summed E-state index contributed by atoms with van der Waals surface area (Å²) in [5.74, 6) is -0.135. The molecule has 0 fully saturated rings. The summed E-state index contributed by atoms with van der Waals surface area (Å²) in [4.78, 5) is 31.9. The second-order valence-electron chi connectivity index (χ2n) is 9.38. The highest BCUT2D eigenvalue weighted by atomic mass is 19.1. The Bertz CT molecular complexity index is 1680. The molecule has 0 aliphatic rings. The van der Waals surface area contributed by atoms with E-state index < -0.39 is 17.1 Å². The molecule has 5 aromatic rings. The van der Waals surface area contributed by atoms with Gasteiger partial charge in [-0.15, -0.1) is 0 Å². The summed E-state index contributed by atoms with van der Waals surface area (Å²) in [7, 11) is 0. The molecule has 2 aromatic heterocycles. The summed E-state index contributed by atoms with van der Waals surface area (Å²) < 4.78 is 18.8. The van der Waals surface area contributed by atoms with Crippen molar-refractivity contribution < 1.29 is 4.39 Å². The van der Waals surface area contributed by atoms with Crippen molar-refractivity contribution in [2.75, 3.05) is 0 Å². The molecule has 0 spiro atoms. The Morgan fingerprint density at radius 1 is 0.917 bits per heavy atom. The Morgan fingerprint density at radius 3 is 2.36 bits per heavy atom. The van der Waals surface area contributed by atoms with Crippen LogP contribution in [0.15, 0.2) is 88.7 Å². The summed E-state index contributed by atoms with van der Waals surface area (Å²) in [6.07, 6.45) is 1.58. The van der Waals surface area contributed by atoms with Crippen LogP contribution in [0.2, 0.25) is 0 Å². The Labute approximate surface area is 207 Å². The highest BCUT2D eigenvalue weighted by Gasteiger charge is 2.20. The number of hydrogen-bond acceptors (Lipinski definition) is 3. The van der Waals surface area contributed by atoms with Crippen LogP contribution in [0.5, 0.6) is 0 Å². The number of benzene rings is 3. The number of imidazole rings is 1. The number of aromatic nitrogens is 4. The van der Waals surface area contributed by atoms with E-state index in [0.29, 0.717) is 23.7 Å². The average molecular weight is 483 g/mol. The van der Waals surface area contributed by atoms with Gasteiger partial charge in [0, 0.05) is 12.1 Å². The molecule has 0 saturated heterocycles. The van der Waals surface area contributed by atoms with E-state index in [2.05, 4.69) is 18.8 Å². The monoisotopic (exact) mass is 482 g/mol. The minimum atomic E-state index is -0.561. The van der Waals surface area contributed by atoms with Crippen LogP contribution in [0, 0.1) is 12.7 Å². The molecule has 3 aromatic carbocycles. The maximum atomic E-state index is 14.5. The largest absolute Gasteiger partial charge is 0.337 e. The van der Waals surface area contributed by atoms with E-state index in [1.54, 1.807) is 29.1 Å². The van der Waals surface area contributed by atoms with Crippen LogP contribution >= 0.6 is 0 Å². The summed E-state index contributed by atoms with van der Waals surface area (Å²) >= 11 is 0. The third-order valence-corrected chi connectivity index (χ3v) is 6.44. The highest BCUT2D eigenvalue weighted by Crippen LogP contribution is 2.19. The van der Waals surface area contributed by atoms with Crippen molar-refractivity contribution in [3.63, 3.8) is 0 Å². The van der Waals surface area contributed by atoms with Crippen molar-refractivity contribution in [3.8, 4) is 5.69 Å². The number of rotatable bonds is 6. The molecule has 0 bridgehead atoms. The van der Waals surface area contributed by atoms with Gasteiger partial charge in [-0.25, -0.2) is 18.7 Å². The molecule has 36 heavy (non-hydrogen) atoms. The summed E-state index contributed by atoms with van der Waals surface area (Å²) in [5.41, 5.74) is 3.62. The van der Waals surface area contributed by atoms with Gasteiger partial charge in [-0.2, -0.15) is 0 Å². The first kappa shape index (κ1) is 23.5. The molecule has 182 valence electrons. The van der Waals surface area contributed by atoms with E-state index in [1.807, 2.05) is 55.5 Å². The zero-order valence-electron chi connectivity index (χ0n) is 20.5. The van der Waals surface area contributed by atoms with Gasteiger partial charge in [0.2, 0.25) is 0 Å². The fourth-order valence-electron chi connectivity index (χ4n) is 4.48. The zero-order valence-corrected chi connectivity index (χ0v) is 20.5. The Hall–Kier alpha value is -4.26. The zero-order chi connectivity index (χ0) is 25.4. The predicted molar refractivity (Wildman–Crippen MR) is 139 cm³/mol. The van der Waals surface area contributed by atoms with Crippen LogP contribution in [-0.4, -0.2) is 18.7 Å². The van der Waals surface area contributed by atoms with E-state index in [9.17, 15) is 14.0 Å². The third-order valence-electron chi connectivity index (χ3n) is 6.44. The van der Waals surface area contributed by atoms with Gasteiger partial charge < -0.3 is 4.57 Å². The molecule has 0 amide bonds. The molecule has 0 aliphatic carbocycles. The van der Waals surface area contributed by atoms with Gasteiger partial charge >= 0.3 is 5.69 Å². The summed E-state index contributed by atoms with van der Waals surface area (Å²) in [6.45, 7) is 6.44. The smallest absolute Gasteiger partial charge is 0.320 e. The first-order chi connectivity index (χ1) is 17.3. The molecule has 7 heteroatoms. The maximum Gasteiger partial charge on any atom is 0.337 e. The highest BCUT2D eigenvalue weighted by molar-refractivity contribution is 5.72. The maximum absolute atomic E-state index is 14.5. The van der Waals surface area contributed by atoms with Crippen molar-refractivity contribution >= 4 is 11.2 Å². The molecule has 5 rings (SSSR count). The van der Waals surface area contributed by atoms with E-state index in [-0.39, 0.29) is 17.8 Å². The molecule has 0 aliphatic heterocycles. The van der Waals surface area contributed by atoms with E-state index in [0.717, 1.165) is 21.3 Å². The fraction of sp³-hybridized carbons (Fsp3) is 0.207. The standard InChI is InChI=1S/C29H27FN4O2/c1-19(2)22-11-13-24(14-12-22)34-27-26(32(18-31-27)16-21-8-6-7-20(3)15-21)28(35)33(29(34)36)17-23-9-4-5-10-25(23)30/h4-15,18-19H,16-17H2,1-3H3. The fourth-order valence-corrected chi connectivity index (χ4v) is 4.48. The Morgan fingerprint density at radius 2 is 1.67 bits per heavy atom. The lowest BCUT2D eigenvalue weighted by molar-refractivity contribution is 0.586. The Balaban J connectivity index is 1.75. The first-order valence-corrected chi connectivity index (χ1v) is 11.9. The van der Waals surface area contributed by atoms with Crippen molar-refractivity contribution in [1.82, 2.24) is 18.7 Å². The number of nitrogens with zero attached hydrogens (tertiary/aromatic N) is 4. The van der Waals surface area contributed by atoms with Gasteiger partial charge in [0.25, 0.3) is 5.56 Å². The van der Waals surface area contributed by atoms with E-state index in [4.69, 9.17) is 0 Å². The molecule has 0 unspecified atom stereocenters. The molecule has 0 atom stereocenters. The number of halogens is 1. The molecule has 0 N–H and O–H groups in total. The van der Waals surface area contributed by atoms with Crippen LogP contribution in [0.1, 0.15) is 42.0 Å². The van der Waals surface area contributed by atoms with Crippen molar-refractivity contribution in [2.24, 2.45) is 0 Å². The normalized spacial score (nSPS) is 11.5. The molecule has 0 saturated carbocycles. The molecule has 6 nitrogen and oxygen atoms in total. The van der Waals surface area contributed by atoms with Crippen molar-refractivity contribution in [3.05, 3.63) is 128 Å². The van der Waals surface area contributed by atoms with E-state index in [1.165, 1.54) is 10.6 Å². The van der Waals surface area contributed by atoms with Gasteiger partial charge in [0.15, 0.2) is 11.2 Å². The Kier molecular flexibility index (Phi) is 6.14. The van der Waals surface area contributed by atoms with Crippen LogP contribution in [-0.2, 0) is 13.1 Å². The molecular formula is C29H27FN4O2. The second kappa shape index (κ2) is 9.41. The van der Waals surface area contributed by atoms with Crippen LogP contribution < -0.4 is 11.2 Å². The molecular weight excluding hydrogens is 455 g/mol. The van der Waals surface area contributed by atoms with Gasteiger partial charge in [-0.3, -0.25) is 9.36 Å². The van der Waals surface area contributed by atoms with E-state index >= 15 is 0 Å². The summed E-state index contributed by atoms with van der Waals surface area (Å²) in [6, 6.07) is 21.8. The van der Waals surface area contributed by atoms with Crippen molar-refractivity contribution in [2.45, 2.75) is 39.8 Å². The van der Waals surface area contributed by atoms with Crippen LogP contribution in [0.3, 0.4) is 0 Å². The lowest BCUT2D eigenvalue weighted by Crippen LogP contribution is -2.40. The van der Waals surface area contributed by atoms with Crippen molar-refractivity contribution in [1.29, 1.82) is 0 Å². The number of aryl methyl sites for hydroxylation is 1. The lowest BCUT2D eigenvalue weighted by atomic mass is 10.0.